The summed E-state index contributed by atoms with van der Waals surface area (Å²) in [6, 6.07) is 8.56. The Kier molecular flexibility index (Phi) is 6.49. The van der Waals surface area contributed by atoms with E-state index in [0.29, 0.717) is 23.5 Å². The molecular formula is C23H21F3N6OS. The molecule has 2 aromatic carbocycles. The van der Waals surface area contributed by atoms with Crippen molar-refractivity contribution in [3.8, 4) is 16.3 Å². The number of nitrogens with one attached hydrogen (secondary N) is 1. The minimum absolute atomic E-state index is 0.0760. The average molecular weight is 487 g/mol. The van der Waals surface area contributed by atoms with Crippen LogP contribution in [0, 0.1) is 6.92 Å². The summed E-state index contributed by atoms with van der Waals surface area (Å²) >= 11 is 1.43. The van der Waals surface area contributed by atoms with Crippen molar-refractivity contribution in [3.63, 3.8) is 0 Å². The number of rotatable bonds is 6. The molecule has 7 nitrogen and oxygen atoms in total. The van der Waals surface area contributed by atoms with Crippen LogP contribution >= 0.6 is 11.3 Å². The first-order valence-corrected chi connectivity index (χ1v) is 11.1. The fourth-order valence-electron chi connectivity index (χ4n) is 3.42. The summed E-state index contributed by atoms with van der Waals surface area (Å²) < 4.78 is 41.7. The van der Waals surface area contributed by atoms with Crippen molar-refractivity contribution >= 4 is 22.9 Å². The lowest BCUT2D eigenvalue weighted by Crippen LogP contribution is -2.16. The lowest BCUT2D eigenvalue weighted by molar-refractivity contribution is -0.137. The number of hydrogen-bond acceptors (Lipinski definition) is 6. The molecule has 4 aromatic rings. The molecule has 34 heavy (non-hydrogen) atoms. The van der Waals surface area contributed by atoms with Gasteiger partial charge in [-0.05, 0) is 62.5 Å². The van der Waals surface area contributed by atoms with Crippen LogP contribution in [0.5, 0.6) is 0 Å². The van der Waals surface area contributed by atoms with Crippen LogP contribution in [0.3, 0.4) is 0 Å². The first-order chi connectivity index (χ1) is 16.1. The Balaban J connectivity index is 1.62. The molecule has 0 saturated carbocycles. The molecule has 11 heteroatoms. The third-order valence-electron chi connectivity index (χ3n) is 4.97. The van der Waals surface area contributed by atoms with Crippen LogP contribution in [0.25, 0.3) is 16.3 Å². The minimum atomic E-state index is -4.53. The molecule has 2 aromatic heterocycles. The summed E-state index contributed by atoms with van der Waals surface area (Å²) in [6.45, 7) is 2.17. The molecule has 2 heterocycles. The molecule has 176 valence electrons. The minimum Gasteiger partial charge on any atom is -0.322 e. The van der Waals surface area contributed by atoms with Gasteiger partial charge in [-0.1, -0.05) is 11.3 Å². The van der Waals surface area contributed by atoms with Crippen molar-refractivity contribution in [2.75, 3.05) is 19.4 Å². The fourth-order valence-corrected chi connectivity index (χ4v) is 3.99. The van der Waals surface area contributed by atoms with Crippen molar-refractivity contribution < 1.29 is 18.0 Å². The SMILES string of the molecule is Cc1ccc(C(=O)Nc2cc(CN(C)C)cc(C(F)(F)F)c2)cc1-n1cc(-c2cncs2)nn1. The largest absolute Gasteiger partial charge is 0.416 e. The number of amides is 1. The number of thiazole rings is 1. The lowest BCUT2D eigenvalue weighted by Gasteiger charge is -2.16. The molecule has 0 aliphatic carbocycles. The maximum atomic E-state index is 13.4. The van der Waals surface area contributed by atoms with E-state index in [-0.39, 0.29) is 11.3 Å². The number of halogens is 3. The third-order valence-corrected chi connectivity index (χ3v) is 5.77. The summed E-state index contributed by atoms with van der Waals surface area (Å²) in [5, 5.41) is 10.9. The highest BCUT2D eigenvalue weighted by atomic mass is 32.1. The highest BCUT2D eigenvalue weighted by molar-refractivity contribution is 7.13. The summed E-state index contributed by atoms with van der Waals surface area (Å²) in [5.74, 6) is -0.529. The van der Waals surface area contributed by atoms with E-state index in [4.69, 9.17) is 0 Å². The number of anilines is 1. The number of carbonyl (C=O) groups is 1. The van der Waals surface area contributed by atoms with E-state index < -0.39 is 17.6 Å². The highest BCUT2D eigenvalue weighted by Crippen LogP contribution is 2.32. The van der Waals surface area contributed by atoms with Crippen LogP contribution in [0.15, 0.2) is 54.3 Å². The number of aromatic nitrogens is 4. The first kappa shape index (κ1) is 23.6. The quantitative estimate of drug-likeness (QED) is 0.414. The molecule has 0 spiro atoms. The molecule has 1 amide bonds. The van der Waals surface area contributed by atoms with Crippen molar-refractivity contribution in [1.82, 2.24) is 24.9 Å². The van der Waals surface area contributed by atoms with E-state index >= 15 is 0 Å². The Hall–Kier alpha value is -3.57. The molecule has 0 radical (unpaired) electrons. The molecule has 0 bridgehead atoms. The first-order valence-electron chi connectivity index (χ1n) is 10.2. The second kappa shape index (κ2) is 9.35. The Morgan fingerprint density at radius 2 is 1.97 bits per heavy atom. The number of carbonyl (C=O) groups excluding carboxylic acids is 1. The average Bonchev–Trinajstić information content (AvgIpc) is 3.45. The van der Waals surface area contributed by atoms with E-state index in [9.17, 15) is 18.0 Å². The van der Waals surface area contributed by atoms with Gasteiger partial charge in [0.2, 0.25) is 0 Å². The van der Waals surface area contributed by atoms with E-state index in [1.54, 1.807) is 65.8 Å². The molecule has 0 atom stereocenters. The number of aryl methyl sites for hydroxylation is 1. The number of nitrogens with zero attached hydrogens (tertiary/aromatic N) is 5. The van der Waals surface area contributed by atoms with Crippen LogP contribution in [-0.4, -0.2) is 44.9 Å². The van der Waals surface area contributed by atoms with Gasteiger partial charge < -0.3 is 10.2 Å². The van der Waals surface area contributed by atoms with Gasteiger partial charge in [0, 0.05) is 24.0 Å². The predicted octanol–water partition coefficient (Wildman–Crippen LogP) is 5.03. The predicted molar refractivity (Wildman–Crippen MR) is 124 cm³/mol. The van der Waals surface area contributed by atoms with Gasteiger partial charge in [-0.25, -0.2) is 4.68 Å². The zero-order valence-electron chi connectivity index (χ0n) is 18.6. The van der Waals surface area contributed by atoms with Crippen molar-refractivity contribution in [2.45, 2.75) is 19.6 Å². The van der Waals surface area contributed by atoms with E-state index in [1.165, 1.54) is 11.3 Å². The molecule has 4 rings (SSSR count). The highest BCUT2D eigenvalue weighted by Gasteiger charge is 2.31. The van der Waals surface area contributed by atoms with E-state index in [0.717, 1.165) is 22.6 Å². The molecule has 0 saturated heterocycles. The van der Waals surface area contributed by atoms with Crippen molar-refractivity contribution in [1.29, 1.82) is 0 Å². The van der Waals surface area contributed by atoms with Gasteiger partial charge in [0.05, 0.1) is 27.8 Å². The van der Waals surface area contributed by atoms with Gasteiger partial charge >= 0.3 is 6.18 Å². The van der Waals surface area contributed by atoms with Crippen LogP contribution in [-0.2, 0) is 12.7 Å². The van der Waals surface area contributed by atoms with Gasteiger partial charge in [-0.2, -0.15) is 13.2 Å². The Labute approximate surface area is 197 Å². The maximum absolute atomic E-state index is 13.4. The Morgan fingerprint density at radius 3 is 2.65 bits per heavy atom. The zero-order valence-corrected chi connectivity index (χ0v) is 19.4. The smallest absolute Gasteiger partial charge is 0.322 e. The van der Waals surface area contributed by atoms with Gasteiger partial charge in [-0.15, -0.1) is 16.4 Å². The van der Waals surface area contributed by atoms with Gasteiger partial charge in [0.15, 0.2) is 0 Å². The van der Waals surface area contributed by atoms with Crippen LogP contribution in [0.1, 0.15) is 27.0 Å². The molecule has 0 aliphatic heterocycles. The fraction of sp³-hybridized carbons (Fsp3) is 0.217. The summed E-state index contributed by atoms with van der Waals surface area (Å²) in [6.07, 6.45) is -1.10. The maximum Gasteiger partial charge on any atom is 0.416 e. The van der Waals surface area contributed by atoms with Crippen LogP contribution in [0.2, 0.25) is 0 Å². The second-order valence-electron chi connectivity index (χ2n) is 8.02. The molecule has 0 fully saturated rings. The van der Waals surface area contributed by atoms with Gasteiger partial charge in [0.1, 0.15) is 5.69 Å². The summed E-state index contributed by atoms with van der Waals surface area (Å²) in [4.78, 5) is 19.6. The number of alkyl halides is 3. The molecule has 0 unspecified atom stereocenters. The summed E-state index contributed by atoms with van der Waals surface area (Å²) in [7, 11) is 3.52. The number of benzene rings is 2. The van der Waals surface area contributed by atoms with Gasteiger partial charge in [-0.3, -0.25) is 9.78 Å². The number of hydrogen-bond donors (Lipinski definition) is 1. The van der Waals surface area contributed by atoms with Crippen molar-refractivity contribution in [2.24, 2.45) is 0 Å². The topological polar surface area (TPSA) is 75.9 Å². The van der Waals surface area contributed by atoms with Crippen LogP contribution in [0.4, 0.5) is 18.9 Å². The van der Waals surface area contributed by atoms with E-state index in [1.807, 2.05) is 6.92 Å². The molecule has 0 aliphatic rings. The lowest BCUT2D eigenvalue weighted by atomic mass is 10.1. The van der Waals surface area contributed by atoms with Crippen molar-refractivity contribution in [3.05, 3.63) is 76.6 Å². The third kappa shape index (κ3) is 5.32. The van der Waals surface area contributed by atoms with Gasteiger partial charge in [0.25, 0.3) is 5.91 Å². The monoisotopic (exact) mass is 486 g/mol. The standard InChI is InChI=1S/C23H21F3N6OS/c1-14-4-5-16(8-20(14)32-12-19(29-30-32)21-10-27-13-34-21)22(33)28-18-7-15(11-31(2)3)6-17(9-18)23(24,25)26/h4-10,12-13H,11H2,1-3H3,(H,28,33). The molecule has 1 N–H and O–H groups in total. The Bertz CT molecular complexity index is 1310. The second-order valence-corrected chi connectivity index (χ2v) is 8.91. The summed E-state index contributed by atoms with van der Waals surface area (Å²) in [5.41, 5.74) is 3.81. The van der Waals surface area contributed by atoms with E-state index in [2.05, 4.69) is 20.6 Å². The Morgan fingerprint density at radius 1 is 1.18 bits per heavy atom. The molecular weight excluding hydrogens is 465 g/mol. The normalized spacial score (nSPS) is 11.7. The van der Waals surface area contributed by atoms with Crippen LogP contribution < -0.4 is 5.32 Å². The zero-order chi connectivity index (χ0) is 24.5.